The third kappa shape index (κ3) is 9.30. The van der Waals surface area contributed by atoms with Crippen molar-refractivity contribution in [2.45, 2.75) is 105 Å². The van der Waals surface area contributed by atoms with Crippen molar-refractivity contribution < 1.29 is 23.0 Å². The van der Waals surface area contributed by atoms with Gasteiger partial charge < -0.3 is 9.47 Å². The van der Waals surface area contributed by atoms with Crippen molar-refractivity contribution in [3.8, 4) is 44.2 Å². The van der Waals surface area contributed by atoms with E-state index >= 15 is 0 Å². The molecular formula is C35H48O5PS2+. The molecule has 234 valence electrons. The largest absolute Gasteiger partial charge is 0.496 e. The minimum atomic E-state index is -2.49. The van der Waals surface area contributed by atoms with Crippen LogP contribution in [0.2, 0.25) is 0 Å². The summed E-state index contributed by atoms with van der Waals surface area (Å²) >= 11 is 3.35. The molecule has 1 saturated heterocycles. The monoisotopic (exact) mass is 643 g/mol. The molecular weight excluding hydrogens is 595 g/mol. The van der Waals surface area contributed by atoms with E-state index in [0.717, 1.165) is 61.1 Å². The second-order valence-electron chi connectivity index (χ2n) is 10.8. The Hall–Kier alpha value is -1.91. The van der Waals surface area contributed by atoms with Crippen LogP contribution in [0, 0.1) is 11.8 Å². The third-order valence-electron chi connectivity index (χ3n) is 7.30. The van der Waals surface area contributed by atoms with E-state index in [1.807, 2.05) is 13.8 Å². The van der Waals surface area contributed by atoms with E-state index in [4.69, 9.17) is 23.0 Å². The smallest absolute Gasteiger partial charge is 0.465 e. The Bertz CT molecular complexity index is 1330. The summed E-state index contributed by atoms with van der Waals surface area (Å²) in [5, 5.41) is 0. The zero-order valence-corrected chi connectivity index (χ0v) is 29.1. The first kappa shape index (κ1) is 34.0. The van der Waals surface area contributed by atoms with Crippen LogP contribution < -0.4 is 14.1 Å². The summed E-state index contributed by atoms with van der Waals surface area (Å²) in [6, 6.07) is 12.7. The number of hydrogen-bond acceptors (Lipinski definition) is 7. The van der Waals surface area contributed by atoms with Gasteiger partial charge in [0.05, 0.1) is 25.2 Å². The molecule has 0 amide bonds. The van der Waals surface area contributed by atoms with E-state index in [9.17, 15) is 0 Å². The van der Waals surface area contributed by atoms with Crippen LogP contribution in [-0.4, -0.2) is 26.6 Å². The maximum absolute atomic E-state index is 6.48. The number of hydrogen-bond donors (Lipinski definition) is 0. The van der Waals surface area contributed by atoms with Gasteiger partial charge in [-0.1, -0.05) is 88.4 Å². The Morgan fingerprint density at radius 2 is 1.44 bits per heavy atom. The van der Waals surface area contributed by atoms with Crippen molar-refractivity contribution in [2.75, 3.05) is 20.3 Å². The molecule has 4 rings (SSSR count). The van der Waals surface area contributed by atoms with Gasteiger partial charge in [-0.15, -0.1) is 20.4 Å². The molecule has 1 aliphatic rings. The van der Waals surface area contributed by atoms with Crippen LogP contribution in [0.15, 0.2) is 36.4 Å². The van der Waals surface area contributed by atoms with Crippen LogP contribution in [0.1, 0.15) is 103 Å². The maximum atomic E-state index is 6.48. The lowest BCUT2D eigenvalue weighted by Gasteiger charge is -2.31. The molecule has 0 atom stereocenters. The zero-order chi connectivity index (χ0) is 30.5. The van der Waals surface area contributed by atoms with Gasteiger partial charge in [0.15, 0.2) is 0 Å². The standard InChI is InChI=1S/C35H48O5PS2/c1-6-9-11-13-14-15-16-17-19-28-20-21-33(42-28)29-26-32(37-24-18-12-10-7-2)30(25-31(29)36-5)34-22-23-35(43-34)41(38-8-3)39-27(4)40-41/h20-23,25-27H,6-16,18,24H2,1-5H3/q+1. The van der Waals surface area contributed by atoms with Crippen LogP contribution in [0.5, 0.6) is 11.5 Å². The molecule has 3 heterocycles. The minimum Gasteiger partial charge on any atom is -0.496 e. The van der Waals surface area contributed by atoms with Crippen molar-refractivity contribution in [1.29, 1.82) is 0 Å². The van der Waals surface area contributed by atoms with E-state index in [1.54, 1.807) is 29.8 Å². The van der Waals surface area contributed by atoms with Crippen molar-refractivity contribution in [1.82, 2.24) is 0 Å². The summed E-state index contributed by atoms with van der Waals surface area (Å²) in [5.41, 5.74) is 2.03. The number of methoxy groups -OCH3 is 1. The highest BCUT2D eigenvalue weighted by Crippen LogP contribution is 2.71. The molecule has 0 saturated carbocycles. The number of ether oxygens (including phenoxy) is 2. The Morgan fingerprint density at radius 1 is 0.791 bits per heavy atom. The van der Waals surface area contributed by atoms with Crippen molar-refractivity contribution in [3.05, 3.63) is 41.3 Å². The van der Waals surface area contributed by atoms with Gasteiger partial charge in [0.2, 0.25) is 4.62 Å². The maximum Gasteiger partial charge on any atom is 0.465 e. The van der Waals surface area contributed by atoms with Crippen LogP contribution in [0.3, 0.4) is 0 Å². The average molecular weight is 644 g/mol. The van der Waals surface area contributed by atoms with Crippen molar-refractivity contribution >= 4 is 35.2 Å². The lowest BCUT2D eigenvalue weighted by Crippen LogP contribution is -2.33. The highest BCUT2D eigenvalue weighted by atomic mass is 32.1. The Morgan fingerprint density at radius 3 is 2.16 bits per heavy atom. The molecule has 5 nitrogen and oxygen atoms in total. The molecule has 0 aliphatic carbocycles. The van der Waals surface area contributed by atoms with Gasteiger partial charge in [-0.2, -0.15) is 4.52 Å². The lowest BCUT2D eigenvalue weighted by atomic mass is 10.1. The zero-order valence-electron chi connectivity index (χ0n) is 26.5. The highest BCUT2D eigenvalue weighted by molar-refractivity contribution is 7.76. The molecule has 0 N–H and O–H groups in total. The first-order valence-electron chi connectivity index (χ1n) is 16.0. The van der Waals surface area contributed by atoms with Gasteiger partial charge in [0.25, 0.3) is 6.29 Å². The molecule has 3 aromatic rings. The predicted octanol–water partition coefficient (Wildman–Crippen LogP) is 11.0. The second kappa shape index (κ2) is 17.5. The quantitative estimate of drug-likeness (QED) is 0.0784. The lowest BCUT2D eigenvalue weighted by molar-refractivity contribution is -0.0968. The fraction of sp³-hybridized carbons (Fsp3) is 0.543. The molecule has 0 spiro atoms. The Labute approximate surface area is 267 Å². The van der Waals surface area contributed by atoms with Crippen LogP contribution >= 0.6 is 30.6 Å². The normalized spacial score (nSPS) is 17.7. The number of thiophene rings is 2. The van der Waals surface area contributed by atoms with Crippen molar-refractivity contribution in [3.63, 3.8) is 0 Å². The highest BCUT2D eigenvalue weighted by Gasteiger charge is 2.62. The summed E-state index contributed by atoms with van der Waals surface area (Å²) < 4.78 is 31.5. The SMILES string of the molecule is CCCCCCCCC#Cc1ccc(-c2cc(OCCCCCC)c(-c3ccc([P+]4(OCC)OC(C)O4)s3)cc2OC)s1. The fourth-order valence-corrected chi connectivity index (χ4v) is 9.73. The van der Waals surface area contributed by atoms with Gasteiger partial charge in [-0.25, -0.2) is 0 Å². The molecule has 1 aromatic carbocycles. The van der Waals surface area contributed by atoms with Crippen molar-refractivity contribution in [2.24, 2.45) is 0 Å². The topological polar surface area (TPSA) is 46.2 Å². The molecule has 8 heteroatoms. The van der Waals surface area contributed by atoms with E-state index in [1.165, 1.54) is 51.4 Å². The number of benzene rings is 1. The summed E-state index contributed by atoms with van der Waals surface area (Å²) in [4.78, 5) is 3.28. The Balaban J connectivity index is 1.56. The van der Waals surface area contributed by atoms with E-state index < -0.39 is 7.94 Å². The predicted molar refractivity (Wildman–Crippen MR) is 184 cm³/mol. The molecule has 0 radical (unpaired) electrons. The summed E-state index contributed by atoms with van der Waals surface area (Å²) in [5.74, 6) is 8.45. The molecule has 2 aromatic heterocycles. The molecule has 1 aliphatic heterocycles. The van der Waals surface area contributed by atoms with Gasteiger partial charge in [0.1, 0.15) is 11.5 Å². The van der Waals surface area contributed by atoms with Gasteiger partial charge >= 0.3 is 7.94 Å². The van der Waals surface area contributed by atoms with Crippen LogP contribution in [0.4, 0.5) is 0 Å². The Kier molecular flexibility index (Phi) is 13.9. The minimum absolute atomic E-state index is 0.247. The summed E-state index contributed by atoms with van der Waals surface area (Å²) in [7, 11) is -0.754. The van der Waals surface area contributed by atoms with E-state index in [-0.39, 0.29) is 6.29 Å². The van der Waals surface area contributed by atoms with Gasteiger partial charge in [0, 0.05) is 33.4 Å². The van der Waals surface area contributed by atoms with Crippen LogP contribution in [0.25, 0.3) is 20.9 Å². The fourth-order valence-electron chi connectivity index (χ4n) is 5.05. The first-order chi connectivity index (χ1) is 21.0. The summed E-state index contributed by atoms with van der Waals surface area (Å²) in [6.07, 6.45) is 13.1. The number of unbranched alkanes of at least 4 members (excludes halogenated alkanes) is 9. The molecule has 0 unspecified atom stereocenters. The van der Waals surface area contributed by atoms with Gasteiger partial charge in [-0.3, -0.25) is 0 Å². The first-order valence-corrected chi connectivity index (χ1v) is 19.2. The van der Waals surface area contributed by atoms with E-state index in [2.05, 4.69) is 62.1 Å². The molecule has 0 bridgehead atoms. The third-order valence-corrected chi connectivity index (χ3v) is 12.6. The second-order valence-corrected chi connectivity index (χ2v) is 15.4. The molecule has 1 fully saturated rings. The van der Waals surface area contributed by atoms with Gasteiger partial charge in [-0.05, 0) is 57.0 Å². The van der Waals surface area contributed by atoms with E-state index in [0.29, 0.717) is 13.2 Å². The molecule has 43 heavy (non-hydrogen) atoms. The average Bonchev–Trinajstić information content (AvgIpc) is 3.68. The summed E-state index contributed by atoms with van der Waals surface area (Å²) in [6.45, 7) is 9.57. The number of rotatable bonds is 18. The van der Waals surface area contributed by atoms with Crippen LogP contribution in [-0.2, 0) is 13.6 Å².